The van der Waals surface area contributed by atoms with E-state index in [0.29, 0.717) is 0 Å². The fourth-order valence-corrected chi connectivity index (χ4v) is 0.928. The van der Waals surface area contributed by atoms with Gasteiger partial charge in [0.1, 0.15) is 0 Å². The van der Waals surface area contributed by atoms with Gasteiger partial charge in [-0.3, -0.25) is 4.79 Å². The highest BCUT2D eigenvalue weighted by atomic mass is 16.4. The highest BCUT2D eigenvalue weighted by Crippen LogP contribution is 1.82. The molecular weight excluding hydrogens is 230 g/mol. The zero-order valence-corrected chi connectivity index (χ0v) is 9.69. The summed E-state index contributed by atoms with van der Waals surface area (Å²) in [6, 6.07) is -2.26. The molecule has 0 heterocycles. The van der Waals surface area contributed by atoms with E-state index in [1.165, 1.54) is 0 Å². The molecule has 0 aromatic heterocycles. The van der Waals surface area contributed by atoms with Crippen LogP contribution in [0, 0.1) is 0 Å². The van der Waals surface area contributed by atoms with Crippen molar-refractivity contribution < 1.29 is 24.6 Å². The van der Waals surface area contributed by atoms with Crippen LogP contribution in [0.1, 0.15) is 13.8 Å². The molecule has 0 spiro atoms. The second kappa shape index (κ2) is 7.44. The van der Waals surface area contributed by atoms with Crippen LogP contribution < -0.4 is 16.0 Å². The summed E-state index contributed by atoms with van der Waals surface area (Å²) in [5, 5.41) is 23.9. The van der Waals surface area contributed by atoms with E-state index in [1.54, 1.807) is 13.8 Å². The Hall–Kier alpha value is -1.83. The minimum absolute atomic E-state index is 0.0448. The molecule has 0 unspecified atom stereocenters. The van der Waals surface area contributed by atoms with Crippen LogP contribution in [-0.4, -0.2) is 53.4 Å². The Morgan fingerprint density at radius 2 is 1.76 bits per heavy atom. The van der Waals surface area contributed by atoms with Crippen LogP contribution in [0.4, 0.5) is 4.79 Å². The Balaban J connectivity index is 3.94. The zero-order chi connectivity index (χ0) is 13.4. The summed E-state index contributed by atoms with van der Waals surface area (Å²) in [7, 11) is 0. The summed E-state index contributed by atoms with van der Waals surface area (Å²) in [6.45, 7) is 2.55. The first kappa shape index (κ1) is 15.2. The molecule has 17 heavy (non-hydrogen) atoms. The van der Waals surface area contributed by atoms with Crippen LogP contribution in [0.2, 0.25) is 0 Å². The number of aliphatic carboxylic acids is 1. The molecule has 0 saturated heterocycles. The Morgan fingerprint density at radius 3 is 2.18 bits per heavy atom. The van der Waals surface area contributed by atoms with Crippen molar-refractivity contribution in [2.24, 2.45) is 0 Å². The van der Waals surface area contributed by atoms with Crippen LogP contribution in [0.3, 0.4) is 0 Å². The predicted octanol–water partition coefficient (Wildman–Crippen LogP) is -1.74. The smallest absolute Gasteiger partial charge is 0.328 e. The molecule has 0 aliphatic carbocycles. The Kier molecular flexibility index (Phi) is 6.64. The van der Waals surface area contributed by atoms with Crippen LogP contribution >= 0.6 is 0 Å². The maximum absolute atomic E-state index is 11.1. The fourth-order valence-electron chi connectivity index (χ4n) is 0.928. The number of carboxylic acids is 1. The first-order chi connectivity index (χ1) is 7.86. The van der Waals surface area contributed by atoms with Gasteiger partial charge in [0.15, 0.2) is 6.04 Å². The van der Waals surface area contributed by atoms with Gasteiger partial charge in [0.25, 0.3) is 0 Å². The molecule has 0 radical (unpaired) electrons. The lowest BCUT2D eigenvalue weighted by Gasteiger charge is -2.13. The number of aliphatic hydroxyl groups is 1. The van der Waals surface area contributed by atoms with E-state index in [1.807, 2.05) is 5.32 Å². The van der Waals surface area contributed by atoms with Crippen molar-refractivity contribution in [3.63, 3.8) is 0 Å². The van der Waals surface area contributed by atoms with Crippen LogP contribution in [0.15, 0.2) is 0 Å². The van der Waals surface area contributed by atoms with Gasteiger partial charge >= 0.3 is 12.0 Å². The molecule has 0 saturated carbocycles. The van der Waals surface area contributed by atoms with E-state index in [9.17, 15) is 14.4 Å². The normalized spacial score (nSPS) is 11.8. The number of amides is 3. The molecule has 98 valence electrons. The summed E-state index contributed by atoms with van der Waals surface area (Å²) >= 11 is 0. The van der Waals surface area contributed by atoms with E-state index in [-0.39, 0.29) is 18.5 Å². The van der Waals surface area contributed by atoms with Gasteiger partial charge in [-0.15, -0.1) is 0 Å². The van der Waals surface area contributed by atoms with E-state index in [2.05, 4.69) is 10.6 Å². The number of urea groups is 1. The van der Waals surface area contributed by atoms with Crippen molar-refractivity contribution in [2.45, 2.75) is 25.9 Å². The lowest BCUT2D eigenvalue weighted by molar-refractivity contribution is -0.140. The number of hydrogen-bond acceptors (Lipinski definition) is 4. The van der Waals surface area contributed by atoms with Crippen LogP contribution in [0.25, 0.3) is 0 Å². The third-order valence-corrected chi connectivity index (χ3v) is 1.65. The van der Waals surface area contributed by atoms with Gasteiger partial charge in [-0.1, -0.05) is 0 Å². The highest BCUT2D eigenvalue weighted by molar-refractivity contribution is 5.86. The molecule has 1 atom stereocenters. The molecule has 8 nitrogen and oxygen atoms in total. The quantitative estimate of drug-likeness (QED) is 0.380. The van der Waals surface area contributed by atoms with Crippen molar-refractivity contribution in [3.05, 3.63) is 0 Å². The van der Waals surface area contributed by atoms with E-state index >= 15 is 0 Å². The molecule has 0 aromatic carbocycles. The standard InChI is InChI=1S/C9H17N3O5/c1-5(2)11-7(14)3-10-9(17)12-6(4-13)8(15)16/h5-6,13H,3-4H2,1-2H3,(H,11,14)(H,15,16)(H2,10,12,17)/t6-/m1/s1. The van der Waals surface area contributed by atoms with Gasteiger partial charge in [0.2, 0.25) is 5.91 Å². The lowest BCUT2D eigenvalue weighted by Crippen LogP contribution is -2.50. The topological polar surface area (TPSA) is 128 Å². The summed E-state index contributed by atoms with van der Waals surface area (Å²) in [6.07, 6.45) is 0. The monoisotopic (exact) mass is 247 g/mol. The third-order valence-electron chi connectivity index (χ3n) is 1.65. The van der Waals surface area contributed by atoms with Crippen molar-refractivity contribution in [2.75, 3.05) is 13.2 Å². The second-order valence-electron chi connectivity index (χ2n) is 3.62. The molecule has 0 bridgehead atoms. The minimum atomic E-state index is -1.39. The number of nitrogens with one attached hydrogen (secondary N) is 3. The number of hydrogen-bond donors (Lipinski definition) is 5. The van der Waals surface area contributed by atoms with Gasteiger partial charge in [0, 0.05) is 6.04 Å². The number of carbonyl (C=O) groups is 3. The van der Waals surface area contributed by atoms with Gasteiger partial charge in [-0.05, 0) is 13.8 Å². The highest BCUT2D eigenvalue weighted by Gasteiger charge is 2.18. The number of carbonyl (C=O) groups excluding carboxylic acids is 2. The van der Waals surface area contributed by atoms with Gasteiger partial charge in [0.05, 0.1) is 13.2 Å². The average Bonchev–Trinajstić information content (AvgIpc) is 2.21. The number of aliphatic hydroxyl groups excluding tert-OH is 1. The van der Waals surface area contributed by atoms with Crippen molar-refractivity contribution in [3.8, 4) is 0 Å². The largest absolute Gasteiger partial charge is 0.480 e. The average molecular weight is 247 g/mol. The van der Waals surface area contributed by atoms with Crippen molar-refractivity contribution in [1.82, 2.24) is 16.0 Å². The second-order valence-corrected chi connectivity index (χ2v) is 3.62. The fraction of sp³-hybridized carbons (Fsp3) is 0.667. The molecule has 5 N–H and O–H groups in total. The molecule has 3 amide bonds. The molecule has 8 heteroatoms. The van der Waals surface area contributed by atoms with Gasteiger partial charge in [-0.25, -0.2) is 9.59 Å². The summed E-state index contributed by atoms with van der Waals surface area (Å²) in [5.74, 6) is -1.74. The molecule has 0 aliphatic heterocycles. The number of rotatable bonds is 6. The molecule has 0 aromatic rings. The van der Waals surface area contributed by atoms with Crippen molar-refractivity contribution >= 4 is 17.9 Å². The SMILES string of the molecule is CC(C)NC(=O)CNC(=O)N[C@H](CO)C(=O)O. The molecule has 0 rings (SSSR count). The lowest BCUT2D eigenvalue weighted by atomic mass is 10.3. The van der Waals surface area contributed by atoms with Crippen molar-refractivity contribution in [1.29, 1.82) is 0 Å². The van der Waals surface area contributed by atoms with E-state index in [0.717, 1.165) is 0 Å². The minimum Gasteiger partial charge on any atom is -0.480 e. The maximum Gasteiger partial charge on any atom is 0.328 e. The predicted molar refractivity (Wildman–Crippen MR) is 58.3 cm³/mol. The third kappa shape index (κ3) is 7.12. The Bertz CT molecular complexity index is 292. The van der Waals surface area contributed by atoms with Crippen LogP contribution in [-0.2, 0) is 9.59 Å². The van der Waals surface area contributed by atoms with E-state index in [4.69, 9.17) is 10.2 Å². The first-order valence-electron chi connectivity index (χ1n) is 5.04. The maximum atomic E-state index is 11.1. The molecule has 0 fully saturated rings. The summed E-state index contributed by atoms with van der Waals surface area (Å²) < 4.78 is 0. The Labute approximate surface area is 98.4 Å². The van der Waals surface area contributed by atoms with Crippen LogP contribution in [0.5, 0.6) is 0 Å². The summed E-state index contributed by atoms with van der Waals surface area (Å²) in [4.78, 5) is 32.7. The molecule has 0 aliphatic rings. The van der Waals surface area contributed by atoms with E-state index < -0.39 is 24.6 Å². The zero-order valence-electron chi connectivity index (χ0n) is 9.69. The number of carboxylic acid groups (broad SMARTS) is 1. The summed E-state index contributed by atoms with van der Waals surface area (Å²) in [5.41, 5.74) is 0. The first-order valence-corrected chi connectivity index (χ1v) is 5.04. The van der Waals surface area contributed by atoms with Gasteiger partial charge in [-0.2, -0.15) is 0 Å². The Morgan fingerprint density at radius 1 is 1.18 bits per heavy atom. The van der Waals surface area contributed by atoms with Gasteiger partial charge < -0.3 is 26.2 Å². The molecular formula is C9H17N3O5.